The van der Waals surface area contributed by atoms with E-state index in [2.05, 4.69) is 5.32 Å². The Morgan fingerprint density at radius 1 is 1.09 bits per heavy atom. The summed E-state index contributed by atoms with van der Waals surface area (Å²) < 4.78 is 7.49. The van der Waals surface area contributed by atoms with Crippen molar-refractivity contribution in [1.29, 1.82) is 0 Å². The standard InChI is InChI=1S/C18H22N2O2/c21-18-17(22-14-16-5-2-1-3-6-16)7-4-12-20(18)13-15-8-10-19-11-9-15/h1-7,12,15,19H,8-11,13-14H2. The molecule has 1 saturated heterocycles. The van der Waals surface area contributed by atoms with Gasteiger partial charge in [0.2, 0.25) is 0 Å². The number of pyridine rings is 1. The summed E-state index contributed by atoms with van der Waals surface area (Å²) in [5, 5.41) is 3.35. The minimum atomic E-state index is -0.0306. The van der Waals surface area contributed by atoms with Gasteiger partial charge < -0.3 is 14.6 Å². The van der Waals surface area contributed by atoms with Crippen LogP contribution in [0.2, 0.25) is 0 Å². The maximum atomic E-state index is 12.5. The van der Waals surface area contributed by atoms with Crippen LogP contribution in [-0.2, 0) is 13.2 Å². The van der Waals surface area contributed by atoms with Crippen molar-refractivity contribution >= 4 is 0 Å². The molecule has 1 aromatic heterocycles. The quantitative estimate of drug-likeness (QED) is 0.922. The fraction of sp³-hybridized carbons (Fsp3) is 0.389. The van der Waals surface area contributed by atoms with Gasteiger partial charge in [-0.3, -0.25) is 4.79 Å². The Bertz CT molecular complexity index is 646. The fourth-order valence-corrected chi connectivity index (χ4v) is 2.85. The van der Waals surface area contributed by atoms with Gasteiger partial charge in [-0.1, -0.05) is 30.3 Å². The Kier molecular flexibility index (Phi) is 4.91. The molecule has 0 atom stereocenters. The van der Waals surface area contributed by atoms with E-state index in [1.54, 1.807) is 10.6 Å². The molecule has 1 N–H and O–H groups in total. The molecule has 1 aliphatic rings. The minimum Gasteiger partial charge on any atom is -0.483 e. The van der Waals surface area contributed by atoms with Crippen molar-refractivity contribution in [3.8, 4) is 5.75 Å². The predicted octanol–water partition coefficient (Wildman–Crippen LogP) is 2.43. The minimum absolute atomic E-state index is 0.0306. The zero-order valence-electron chi connectivity index (χ0n) is 12.7. The highest BCUT2D eigenvalue weighted by Gasteiger charge is 2.15. The molecule has 22 heavy (non-hydrogen) atoms. The molecule has 4 heteroatoms. The van der Waals surface area contributed by atoms with Crippen molar-refractivity contribution in [2.75, 3.05) is 13.1 Å². The Morgan fingerprint density at radius 3 is 2.64 bits per heavy atom. The van der Waals surface area contributed by atoms with Crippen LogP contribution in [0, 0.1) is 5.92 Å². The van der Waals surface area contributed by atoms with Crippen molar-refractivity contribution < 1.29 is 4.74 Å². The molecular formula is C18H22N2O2. The Morgan fingerprint density at radius 2 is 1.86 bits per heavy atom. The van der Waals surface area contributed by atoms with Crippen molar-refractivity contribution in [2.45, 2.75) is 26.0 Å². The maximum Gasteiger partial charge on any atom is 0.292 e. The van der Waals surface area contributed by atoms with Gasteiger partial charge in [0.1, 0.15) is 6.61 Å². The Labute approximate surface area is 130 Å². The second-order valence-corrected chi connectivity index (χ2v) is 5.80. The van der Waals surface area contributed by atoms with Gasteiger partial charge in [-0.2, -0.15) is 0 Å². The first-order valence-electron chi connectivity index (χ1n) is 7.90. The van der Waals surface area contributed by atoms with Crippen molar-refractivity contribution in [3.63, 3.8) is 0 Å². The van der Waals surface area contributed by atoms with Crippen molar-refractivity contribution in [2.24, 2.45) is 5.92 Å². The Balaban J connectivity index is 1.67. The number of nitrogens with zero attached hydrogens (tertiary/aromatic N) is 1. The first-order chi connectivity index (χ1) is 10.8. The van der Waals surface area contributed by atoms with Gasteiger partial charge in [0.15, 0.2) is 5.75 Å². The lowest BCUT2D eigenvalue weighted by Gasteiger charge is -2.23. The molecule has 0 spiro atoms. The molecule has 0 amide bonds. The van der Waals surface area contributed by atoms with Crippen LogP contribution in [0.15, 0.2) is 53.5 Å². The van der Waals surface area contributed by atoms with Crippen LogP contribution in [-0.4, -0.2) is 17.7 Å². The summed E-state index contributed by atoms with van der Waals surface area (Å²) in [5.74, 6) is 1.00. The van der Waals surface area contributed by atoms with Crippen LogP contribution in [0.4, 0.5) is 0 Å². The molecule has 0 unspecified atom stereocenters. The second kappa shape index (κ2) is 7.27. The molecule has 1 fully saturated rings. The number of hydrogen-bond acceptors (Lipinski definition) is 3. The highest BCUT2D eigenvalue weighted by atomic mass is 16.5. The monoisotopic (exact) mass is 298 g/mol. The zero-order chi connectivity index (χ0) is 15.2. The molecular weight excluding hydrogens is 276 g/mol. The van der Waals surface area contributed by atoms with Crippen LogP contribution in [0.3, 0.4) is 0 Å². The number of hydrogen-bond donors (Lipinski definition) is 1. The predicted molar refractivity (Wildman–Crippen MR) is 87.1 cm³/mol. The van der Waals surface area contributed by atoms with E-state index in [-0.39, 0.29) is 5.56 Å². The van der Waals surface area contributed by atoms with E-state index in [0.717, 1.165) is 38.0 Å². The molecule has 1 aromatic carbocycles. The highest BCUT2D eigenvalue weighted by Crippen LogP contribution is 2.14. The first kappa shape index (κ1) is 14.9. The summed E-state index contributed by atoms with van der Waals surface area (Å²) in [7, 11) is 0. The van der Waals surface area contributed by atoms with E-state index >= 15 is 0 Å². The topological polar surface area (TPSA) is 43.3 Å². The molecule has 0 saturated carbocycles. The number of piperidine rings is 1. The van der Waals surface area contributed by atoms with E-state index in [4.69, 9.17) is 4.74 Å². The lowest BCUT2D eigenvalue weighted by Crippen LogP contribution is -2.32. The summed E-state index contributed by atoms with van der Waals surface area (Å²) in [6, 6.07) is 13.6. The normalized spacial score (nSPS) is 15.6. The number of ether oxygens (including phenoxy) is 1. The summed E-state index contributed by atoms with van der Waals surface area (Å²) in [6.45, 7) is 3.30. The van der Waals surface area contributed by atoms with Gasteiger partial charge in [0, 0.05) is 12.7 Å². The molecule has 0 bridgehead atoms. The fourth-order valence-electron chi connectivity index (χ4n) is 2.85. The molecule has 0 aliphatic carbocycles. The average Bonchev–Trinajstić information content (AvgIpc) is 2.58. The van der Waals surface area contributed by atoms with Crippen LogP contribution in [0.25, 0.3) is 0 Å². The van der Waals surface area contributed by atoms with Gasteiger partial charge in [-0.15, -0.1) is 0 Å². The maximum absolute atomic E-state index is 12.5. The molecule has 116 valence electrons. The summed E-state index contributed by atoms with van der Waals surface area (Å²) in [5.41, 5.74) is 1.03. The van der Waals surface area contributed by atoms with Gasteiger partial charge in [0.05, 0.1) is 0 Å². The third kappa shape index (κ3) is 3.77. The molecule has 1 aliphatic heterocycles. The Hall–Kier alpha value is -2.07. The van der Waals surface area contributed by atoms with E-state index in [1.165, 1.54) is 0 Å². The molecule has 0 radical (unpaired) electrons. The first-order valence-corrected chi connectivity index (χ1v) is 7.90. The number of nitrogens with one attached hydrogen (secondary N) is 1. The highest BCUT2D eigenvalue weighted by molar-refractivity contribution is 5.19. The van der Waals surface area contributed by atoms with E-state index in [9.17, 15) is 4.79 Å². The molecule has 2 heterocycles. The lowest BCUT2D eigenvalue weighted by molar-refractivity contribution is 0.291. The van der Waals surface area contributed by atoms with Crippen molar-refractivity contribution in [1.82, 2.24) is 9.88 Å². The van der Waals surface area contributed by atoms with Crippen LogP contribution >= 0.6 is 0 Å². The average molecular weight is 298 g/mol. The SMILES string of the molecule is O=c1c(OCc2ccccc2)cccn1CC1CCNCC1. The van der Waals surface area contributed by atoms with Crippen LogP contribution in [0.5, 0.6) is 5.75 Å². The molecule has 4 nitrogen and oxygen atoms in total. The molecule has 2 aromatic rings. The van der Waals surface area contributed by atoms with Gasteiger partial charge >= 0.3 is 0 Å². The molecule has 3 rings (SSSR count). The van der Waals surface area contributed by atoms with Gasteiger partial charge in [-0.05, 0) is 49.5 Å². The third-order valence-electron chi connectivity index (χ3n) is 4.14. The van der Waals surface area contributed by atoms with Crippen molar-refractivity contribution in [3.05, 3.63) is 64.6 Å². The zero-order valence-corrected chi connectivity index (χ0v) is 12.7. The third-order valence-corrected chi connectivity index (χ3v) is 4.14. The second-order valence-electron chi connectivity index (χ2n) is 5.80. The number of benzene rings is 1. The van der Waals surface area contributed by atoms with E-state index in [0.29, 0.717) is 18.3 Å². The van der Waals surface area contributed by atoms with Gasteiger partial charge in [-0.25, -0.2) is 0 Å². The smallest absolute Gasteiger partial charge is 0.292 e. The van der Waals surface area contributed by atoms with Crippen LogP contribution in [0.1, 0.15) is 18.4 Å². The largest absolute Gasteiger partial charge is 0.483 e. The van der Waals surface area contributed by atoms with Crippen LogP contribution < -0.4 is 15.6 Å². The number of rotatable bonds is 5. The lowest BCUT2D eigenvalue weighted by atomic mass is 9.98. The van der Waals surface area contributed by atoms with E-state index < -0.39 is 0 Å². The number of aromatic nitrogens is 1. The summed E-state index contributed by atoms with van der Waals surface area (Å²) in [4.78, 5) is 12.5. The summed E-state index contributed by atoms with van der Waals surface area (Å²) in [6.07, 6.45) is 4.11. The van der Waals surface area contributed by atoms with Gasteiger partial charge in [0.25, 0.3) is 5.56 Å². The van der Waals surface area contributed by atoms with E-state index in [1.807, 2.05) is 42.6 Å². The summed E-state index contributed by atoms with van der Waals surface area (Å²) >= 11 is 0.